The van der Waals surface area contributed by atoms with Gasteiger partial charge in [0.1, 0.15) is 5.56 Å². The molecule has 1 aliphatic carbocycles. The molecule has 1 aromatic carbocycles. The maximum atomic E-state index is 13.9. The van der Waals surface area contributed by atoms with Crippen LogP contribution in [0.5, 0.6) is 0 Å². The second kappa shape index (κ2) is 9.03. The van der Waals surface area contributed by atoms with Gasteiger partial charge in [0.25, 0.3) is 5.91 Å². The van der Waals surface area contributed by atoms with E-state index in [0.29, 0.717) is 53.6 Å². The van der Waals surface area contributed by atoms with Gasteiger partial charge in [-0.05, 0) is 42.2 Å². The average molecular weight is 502 g/mol. The highest BCUT2D eigenvalue weighted by atomic mass is 35.5. The largest absolute Gasteiger partial charge is 0.433 e. The molecule has 2 aromatic heterocycles. The molecule has 1 amide bonds. The third-order valence-electron chi connectivity index (χ3n) is 6.34. The molecule has 1 unspecified atom stereocenters. The van der Waals surface area contributed by atoms with Gasteiger partial charge in [0.15, 0.2) is 11.3 Å². The number of benzene rings is 1. The molecule has 182 valence electrons. The molecule has 1 aliphatic heterocycles. The van der Waals surface area contributed by atoms with Crippen molar-refractivity contribution in [3.05, 3.63) is 76.7 Å². The molecule has 3 aromatic rings. The topological polar surface area (TPSA) is 53.7 Å². The molecule has 10 heteroatoms. The molecular formula is C25H23ClF3N5O. The van der Waals surface area contributed by atoms with Crippen molar-refractivity contribution in [2.75, 3.05) is 31.1 Å². The van der Waals surface area contributed by atoms with Crippen LogP contribution in [0, 0.1) is 5.92 Å². The first-order valence-electron chi connectivity index (χ1n) is 11.4. The molecule has 0 bridgehead atoms. The van der Waals surface area contributed by atoms with E-state index in [1.807, 2.05) is 37.3 Å². The SMILES string of the molecule is CC1C=CC(c2cc(C(F)(F)F)n3ncc(C(=O)N4CCN(c5cccc(Cl)c5)CC4)c3n2)=CC1. The molecule has 0 saturated carbocycles. The van der Waals surface area contributed by atoms with Crippen molar-refractivity contribution in [2.45, 2.75) is 19.5 Å². The van der Waals surface area contributed by atoms with Crippen LogP contribution < -0.4 is 4.90 Å². The number of allylic oxidation sites excluding steroid dienone is 4. The Kier molecular flexibility index (Phi) is 6.04. The Morgan fingerprint density at radius 3 is 2.57 bits per heavy atom. The van der Waals surface area contributed by atoms with Gasteiger partial charge in [-0.1, -0.05) is 42.8 Å². The average Bonchev–Trinajstić information content (AvgIpc) is 3.27. The summed E-state index contributed by atoms with van der Waals surface area (Å²) in [5.41, 5.74) is 0.742. The van der Waals surface area contributed by atoms with Gasteiger partial charge in [-0.25, -0.2) is 9.50 Å². The highest BCUT2D eigenvalue weighted by molar-refractivity contribution is 6.30. The van der Waals surface area contributed by atoms with Gasteiger partial charge in [0.2, 0.25) is 0 Å². The van der Waals surface area contributed by atoms with Crippen LogP contribution in [-0.2, 0) is 6.18 Å². The summed E-state index contributed by atoms with van der Waals surface area (Å²) in [4.78, 5) is 21.5. The zero-order chi connectivity index (χ0) is 24.7. The van der Waals surface area contributed by atoms with E-state index in [4.69, 9.17) is 11.6 Å². The Bertz CT molecular complexity index is 1340. The number of amides is 1. The quantitative estimate of drug-likeness (QED) is 0.486. The Morgan fingerprint density at radius 1 is 1.14 bits per heavy atom. The molecule has 1 saturated heterocycles. The number of hydrogen-bond donors (Lipinski definition) is 0. The van der Waals surface area contributed by atoms with Crippen molar-refractivity contribution in [1.82, 2.24) is 19.5 Å². The second-order valence-electron chi connectivity index (χ2n) is 8.81. The van der Waals surface area contributed by atoms with Crippen molar-refractivity contribution in [3.63, 3.8) is 0 Å². The van der Waals surface area contributed by atoms with E-state index >= 15 is 0 Å². The molecule has 5 rings (SSSR count). The van der Waals surface area contributed by atoms with Crippen molar-refractivity contribution in [1.29, 1.82) is 0 Å². The minimum absolute atomic E-state index is 0.0577. The lowest BCUT2D eigenvalue weighted by Gasteiger charge is -2.36. The maximum absolute atomic E-state index is 13.9. The van der Waals surface area contributed by atoms with Gasteiger partial charge in [0.05, 0.1) is 11.9 Å². The number of aromatic nitrogens is 3. The summed E-state index contributed by atoms with van der Waals surface area (Å²) in [5.74, 6) is -0.0763. The number of rotatable bonds is 3. The van der Waals surface area contributed by atoms with Gasteiger partial charge >= 0.3 is 6.18 Å². The third kappa shape index (κ3) is 4.65. The van der Waals surface area contributed by atoms with E-state index in [1.54, 1.807) is 17.0 Å². The Morgan fingerprint density at radius 2 is 1.91 bits per heavy atom. The summed E-state index contributed by atoms with van der Waals surface area (Å²) in [7, 11) is 0. The number of carbonyl (C=O) groups excluding carboxylic acids is 1. The predicted octanol–water partition coefficient (Wildman–Crippen LogP) is 5.34. The third-order valence-corrected chi connectivity index (χ3v) is 6.58. The monoisotopic (exact) mass is 501 g/mol. The molecule has 0 spiro atoms. The summed E-state index contributed by atoms with van der Waals surface area (Å²) < 4.78 is 42.4. The number of nitrogens with zero attached hydrogens (tertiary/aromatic N) is 5. The molecule has 0 N–H and O–H groups in total. The number of halogens is 4. The zero-order valence-corrected chi connectivity index (χ0v) is 19.7. The number of piperazine rings is 1. The summed E-state index contributed by atoms with van der Waals surface area (Å²) in [6, 6.07) is 8.47. The Balaban J connectivity index is 1.45. The van der Waals surface area contributed by atoms with E-state index in [0.717, 1.165) is 11.8 Å². The maximum Gasteiger partial charge on any atom is 0.433 e. The van der Waals surface area contributed by atoms with Crippen LogP contribution in [0.1, 0.15) is 35.1 Å². The van der Waals surface area contributed by atoms with Gasteiger partial charge in [-0.3, -0.25) is 4.79 Å². The molecule has 0 radical (unpaired) electrons. The molecule has 6 nitrogen and oxygen atoms in total. The first kappa shape index (κ1) is 23.4. The summed E-state index contributed by atoms with van der Waals surface area (Å²) in [6.45, 7) is 4.02. The number of hydrogen-bond acceptors (Lipinski definition) is 4. The van der Waals surface area contributed by atoms with Crippen LogP contribution in [-0.4, -0.2) is 51.6 Å². The number of fused-ring (bicyclic) bond motifs is 1. The Labute approximate surface area is 205 Å². The standard InChI is InChI=1S/C25H23ClF3N5O/c1-16-5-7-17(8-6-16)21-14-22(25(27,28)29)34-23(31-21)20(15-30-34)24(35)33-11-9-32(10-12-33)19-4-2-3-18(26)13-19/h2-5,7-8,13-16H,6,9-12H2,1H3. The first-order valence-corrected chi connectivity index (χ1v) is 11.7. The highest BCUT2D eigenvalue weighted by Gasteiger charge is 2.36. The summed E-state index contributed by atoms with van der Waals surface area (Å²) >= 11 is 6.09. The smallest absolute Gasteiger partial charge is 0.368 e. The fourth-order valence-electron chi connectivity index (χ4n) is 4.39. The van der Waals surface area contributed by atoms with Crippen LogP contribution in [0.4, 0.5) is 18.9 Å². The minimum atomic E-state index is -4.66. The fraction of sp³-hybridized carbons (Fsp3) is 0.320. The molecule has 35 heavy (non-hydrogen) atoms. The molecular weight excluding hydrogens is 479 g/mol. The second-order valence-corrected chi connectivity index (χ2v) is 9.25. The van der Waals surface area contributed by atoms with Crippen LogP contribution in [0.3, 0.4) is 0 Å². The zero-order valence-electron chi connectivity index (χ0n) is 19.0. The molecule has 2 aliphatic rings. The van der Waals surface area contributed by atoms with E-state index < -0.39 is 11.9 Å². The van der Waals surface area contributed by atoms with Crippen LogP contribution in [0.25, 0.3) is 11.2 Å². The van der Waals surface area contributed by atoms with E-state index in [9.17, 15) is 18.0 Å². The number of carbonyl (C=O) groups is 1. The first-order chi connectivity index (χ1) is 16.7. The minimum Gasteiger partial charge on any atom is -0.368 e. The lowest BCUT2D eigenvalue weighted by molar-refractivity contribution is -0.142. The molecule has 3 heterocycles. The van der Waals surface area contributed by atoms with Crippen LogP contribution in [0.15, 0.2) is 54.8 Å². The van der Waals surface area contributed by atoms with Crippen molar-refractivity contribution < 1.29 is 18.0 Å². The van der Waals surface area contributed by atoms with E-state index in [-0.39, 0.29) is 22.8 Å². The van der Waals surface area contributed by atoms with Crippen molar-refractivity contribution in [3.8, 4) is 0 Å². The van der Waals surface area contributed by atoms with Gasteiger partial charge in [-0.15, -0.1) is 0 Å². The predicted molar refractivity (Wildman–Crippen MR) is 128 cm³/mol. The van der Waals surface area contributed by atoms with Gasteiger partial charge in [-0.2, -0.15) is 18.3 Å². The highest BCUT2D eigenvalue weighted by Crippen LogP contribution is 2.33. The van der Waals surface area contributed by atoms with Crippen molar-refractivity contribution >= 4 is 34.4 Å². The van der Waals surface area contributed by atoms with Crippen molar-refractivity contribution in [2.24, 2.45) is 5.92 Å². The van der Waals surface area contributed by atoms with Crippen LogP contribution in [0.2, 0.25) is 5.02 Å². The normalized spacial score (nSPS) is 18.8. The van der Waals surface area contributed by atoms with Crippen LogP contribution >= 0.6 is 11.6 Å². The lowest BCUT2D eigenvalue weighted by Crippen LogP contribution is -2.48. The van der Waals surface area contributed by atoms with Gasteiger partial charge in [0, 0.05) is 36.9 Å². The number of anilines is 1. The fourth-order valence-corrected chi connectivity index (χ4v) is 4.58. The summed E-state index contributed by atoms with van der Waals surface area (Å²) in [5, 5.41) is 4.53. The van der Waals surface area contributed by atoms with E-state index in [2.05, 4.69) is 15.0 Å². The number of alkyl halides is 3. The Hall–Kier alpha value is -3.33. The van der Waals surface area contributed by atoms with E-state index in [1.165, 1.54) is 6.20 Å². The molecule has 1 atom stereocenters. The van der Waals surface area contributed by atoms with Gasteiger partial charge < -0.3 is 9.80 Å². The lowest BCUT2D eigenvalue weighted by atomic mass is 9.96. The molecule has 1 fully saturated rings. The summed E-state index contributed by atoms with van der Waals surface area (Å²) in [6.07, 6.45) is 2.83.